The minimum Gasteiger partial charge on any atom is -0.481 e. The lowest BCUT2D eigenvalue weighted by Gasteiger charge is -2.24. The molecule has 0 bridgehead atoms. The number of carbonyl (C=O) groups is 3. The molecule has 1 aromatic heterocycles. The number of benzene rings is 1. The fraction of sp³-hybridized carbons (Fsp3) is 0.389. The smallest absolute Gasteiger partial charge is 0.326 e. The molecule has 2 rings (SSSR count). The van der Waals surface area contributed by atoms with Crippen LogP contribution < -0.4 is 10.9 Å². The molecule has 0 fully saturated rings. The number of rotatable bonds is 8. The van der Waals surface area contributed by atoms with E-state index in [9.17, 15) is 24.3 Å². The molecule has 1 amide bonds. The topological polar surface area (TPSA) is 139 Å². The number of carbonyl (C=O) groups excluding carboxylic acids is 1. The summed E-state index contributed by atoms with van der Waals surface area (Å²) in [4.78, 5) is 51.7. The monoisotopic (exact) mass is 375 g/mol. The molecule has 0 aliphatic carbocycles. The number of fused-ring (bicyclic) bond motifs is 1. The van der Waals surface area contributed by atoms with Crippen molar-refractivity contribution in [2.75, 3.05) is 0 Å². The van der Waals surface area contributed by atoms with E-state index < -0.39 is 41.9 Å². The number of carboxylic acids is 2. The Balaban J connectivity index is 2.35. The molecule has 27 heavy (non-hydrogen) atoms. The first-order valence-electron chi connectivity index (χ1n) is 8.43. The molecule has 2 aromatic rings. The average Bonchev–Trinajstić information content (AvgIpc) is 2.60. The van der Waals surface area contributed by atoms with Gasteiger partial charge in [0.1, 0.15) is 12.1 Å². The van der Waals surface area contributed by atoms with Crippen LogP contribution in [0.4, 0.5) is 0 Å². The molecule has 2 atom stereocenters. The van der Waals surface area contributed by atoms with Crippen LogP contribution in [-0.4, -0.2) is 43.7 Å². The summed E-state index contributed by atoms with van der Waals surface area (Å²) < 4.78 is 1.18. The van der Waals surface area contributed by atoms with Gasteiger partial charge >= 0.3 is 11.9 Å². The predicted molar refractivity (Wildman–Crippen MR) is 96.3 cm³/mol. The van der Waals surface area contributed by atoms with Crippen LogP contribution in [0.1, 0.15) is 32.7 Å². The Morgan fingerprint density at radius 3 is 2.44 bits per heavy atom. The largest absolute Gasteiger partial charge is 0.481 e. The number of hydrogen-bond acceptors (Lipinski definition) is 5. The van der Waals surface area contributed by atoms with Crippen LogP contribution in [0.25, 0.3) is 10.9 Å². The molecule has 144 valence electrons. The number of aromatic nitrogens is 2. The van der Waals surface area contributed by atoms with Crippen LogP contribution in [0.3, 0.4) is 0 Å². The second-order valence-corrected chi connectivity index (χ2v) is 6.49. The molecule has 3 N–H and O–H groups in total. The summed E-state index contributed by atoms with van der Waals surface area (Å²) in [6, 6.07) is 4.36. The van der Waals surface area contributed by atoms with Crippen molar-refractivity contribution < 1.29 is 24.6 Å². The highest BCUT2D eigenvalue weighted by molar-refractivity contribution is 5.87. The minimum atomic E-state index is -1.36. The normalized spacial score (nSPS) is 13.3. The standard InChI is InChI=1S/C18H21N3O6/c1-10(2)15(16(24)20-13(18(26)27)7-8-14(22)23)21-9-19-12-6-4-3-5-11(12)17(21)25/h3-6,9-10,13,15H,7-8H2,1-2H3,(H,20,24)(H,22,23)(H,26,27)/t13-,15-/m0/s1. The number of nitrogens with zero attached hydrogens (tertiary/aromatic N) is 2. The Labute approximate surface area is 154 Å². The average molecular weight is 375 g/mol. The highest BCUT2D eigenvalue weighted by Crippen LogP contribution is 2.18. The zero-order valence-corrected chi connectivity index (χ0v) is 15.0. The zero-order chi connectivity index (χ0) is 20.1. The maximum Gasteiger partial charge on any atom is 0.326 e. The maximum atomic E-state index is 12.8. The number of carboxylic acid groups (broad SMARTS) is 2. The molecular weight excluding hydrogens is 354 g/mol. The van der Waals surface area contributed by atoms with Gasteiger partial charge in [0.15, 0.2) is 0 Å². The summed E-state index contributed by atoms with van der Waals surface area (Å²) in [7, 11) is 0. The first kappa shape index (κ1) is 20.1. The maximum absolute atomic E-state index is 12.8. The van der Waals surface area contributed by atoms with Gasteiger partial charge in [-0.05, 0) is 24.5 Å². The third kappa shape index (κ3) is 4.69. The fourth-order valence-corrected chi connectivity index (χ4v) is 2.81. The number of hydrogen-bond donors (Lipinski definition) is 3. The summed E-state index contributed by atoms with van der Waals surface area (Å²) in [6.07, 6.45) is 0.606. The van der Waals surface area contributed by atoms with E-state index in [4.69, 9.17) is 5.11 Å². The van der Waals surface area contributed by atoms with Crippen molar-refractivity contribution >= 4 is 28.7 Å². The molecule has 0 spiro atoms. The van der Waals surface area contributed by atoms with Crippen molar-refractivity contribution in [2.45, 2.75) is 38.8 Å². The fourth-order valence-electron chi connectivity index (χ4n) is 2.81. The van der Waals surface area contributed by atoms with E-state index in [2.05, 4.69) is 10.3 Å². The number of amides is 1. The second-order valence-electron chi connectivity index (χ2n) is 6.49. The highest BCUT2D eigenvalue weighted by atomic mass is 16.4. The molecule has 1 heterocycles. The lowest BCUT2D eigenvalue weighted by atomic mass is 10.0. The Morgan fingerprint density at radius 1 is 1.19 bits per heavy atom. The third-order valence-corrected chi connectivity index (χ3v) is 4.15. The summed E-state index contributed by atoms with van der Waals surface area (Å²) in [6.45, 7) is 3.44. The van der Waals surface area contributed by atoms with E-state index in [1.165, 1.54) is 10.9 Å². The molecule has 1 aromatic carbocycles. The van der Waals surface area contributed by atoms with Crippen LogP contribution in [-0.2, 0) is 14.4 Å². The molecule has 9 nitrogen and oxygen atoms in total. The lowest BCUT2D eigenvalue weighted by molar-refractivity contribution is -0.143. The molecular formula is C18H21N3O6. The van der Waals surface area contributed by atoms with Crippen molar-refractivity contribution in [2.24, 2.45) is 5.92 Å². The quantitative estimate of drug-likeness (QED) is 0.626. The van der Waals surface area contributed by atoms with Crippen molar-refractivity contribution in [3.8, 4) is 0 Å². The molecule has 9 heteroatoms. The van der Waals surface area contributed by atoms with Crippen LogP contribution >= 0.6 is 0 Å². The van der Waals surface area contributed by atoms with Gasteiger partial charge in [-0.1, -0.05) is 26.0 Å². The van der Waals surface area contributed by atoms with Crippen molar-refractivity contribution in [3.05, 3.63) is 40.9 Å². The van der Waals surface area contributed by atoms with E-state index >= 15 is 0 Å². The Kier molecular flexibility index (Phi) is 6.27. The van der Waals surface area contributed by atoms with Crippen molar-refractivity contribution in [3.63, 3.8) is 0 Å². The Bertz CT molecular complexity index is 921. The van der Waals surface area contributed by atoms with Crippen LogP contribution in [0.15, 0.2) is 35.4 Å². The molecule has 0 saturated heterocycles. The molecule has 0 unspecified atom stereocenters. The molecule has 0 aliphatic heterocycles. The molecule has 0 aliphatic rings. The number of para-hydroxylation sites is 1. The summed E-state index contributed by atoms with van der Waals surface area (Å²) in [5.74, 6) is -3.51. The third-order valence-electron chi connectivity index (χ3n) is 4.15. The number of nitrogens with one attached hydrogen (secondary N) is 1. The van der Waals surface area contributed by atoms with E-state index in [1.54, 1.807) is 38.1 Å². The van der Waals surface area contributed by atoms with Gasteiger partial charge in [-0.15, -0.1) is 0 Å². The first-order chi connectivity index (χ1) is 12.7. The Hall–Kier alpha value is -3.23. The van der Waals surface area contributed by atoms with E-state index in [1.807, 2.05) is 0 Å². The minimum absolute atomic E-state index is 0.258. The van der Waals surface area contributed by atoms with Gasteiger partial charge in [-0.3, -0.25) is 19.0 Å². The summed E-state index contributed by atoms with van der Waals surface area (Å²) in [5.41, 5.74) is 0.0818. The van der Waals surface area contributed by atoms with Crippen LogP contribution in [0.2, 0.25) is 0 Å². The zero-order valence-electron chi connectivity index (χ0n) is 15.0. The predicted octanol–water partition coefficient (Wildman–Crippen LogP) is 1.03. The van der Waals surface area contributed by atoms with Gasteiger partial charge in [0.25, 0.3) is 5.56 Å². The van der Waals surface area contributed by atoms with E-state index in [0.717, 1.165) is 0 Å². The van der Waals surface area contributed by atoms with Gasteiger partial charge in [0, 0.05) is 6.42 Å². The van der Waals surface area contributed by atoms with Gasteiger partial charge < -0.3 is 15.5 Å². The molecule has 0 radical (unpaired) electrons. The lowest BCUT2D eigenvalue weighted by Crippen LogP contribution is -2.47. The first-order valence-corrected chi connectivity index (χ1v) is 8.43. The van der Waals surface area contributed by atoms with Crippen LogP contribution in [0, 0.1) is 5.92 Å². The second kappa shape index (κ2) is 8.43. The molecule has 0 saturated carbocycles. The summed E-state index contributed by atoms with van der Waals surface area (Å²) in [5, 5.41) is 20.6. The van der Waals surface area contributed by atoms with Gasteiger partial charge in [0.2, 0.25) is 5.91 Å². The Morgan fingerprint density at radius 2 is 1.85 bits per heavy atom. The van der Waals surface area contributed by atoms with Crippen molar-refractivity contribution in [1.82, 2.24) is 14.9 Å². The van der Waals surface area contributed by atoms with Gasteiger partial charge in [0.05, 0.1) is 17.2 Å². The highest BCUT2D eigenvalue weighted by Gasteiger charge is 2.30. The van der Waals surface area contributed by atoms with E-state index in [-0.39, 0.29) is 12.3 Å². The van der Waals surface area contributed by atoms with Gasteiger partial charge in [-0.25, -0.2) is 9.78 Å². The van der Waals surface area contributed by atoms with E-state index in [0.29, 0.717) is 10.9 Å². The van der Waals surface area contributed by atoms with Gasteiger partial charge in [-0.2, -0.15) is 0 Å². The van der Waals surface area contributed by atoms with Crippen LogP contribution in [0.5, 0.6) is 0 Å². The number of aliphatic carboxylic acids is 2. The SMILES string of the molecule is CC(C)[C@@H](C(=O)N[C@@H](CCC(=O)O)C(=O)O)n1cnc2ccccc2c1=O. The summed E-state index contributed by atoms with van der Waals surface area (Å²) >= 11 is 0. The van der Waals surface area contributed by atoms with Crippen molar-refractivity contribution in [1.29, 1.82) is 0 Å².